The molecule has 0 fully saturated rings. The molecule has 20 heavy (non-hydrogen) atoms. The van der Waals surface area contributed by atoms with Gasteiger partial charge in [-0.05, 0) is 31.4 Å². The summed E-state index contributed by atoms with van der Waals surface area (Å²) < 4.78 is 14.5. The van der Waals surface area contributed by atoms with E-state index in [1.165, 1.54) is 17.8 Å². The summed E-state index contributed by atoms with van der Waals surface area (Å²) in [4.78, 5) is 8.63. The lowest BCUT2D eigenvalue weighted by Gasteiger charge is -2.10. The molecule has 1 aromatic heterocycles. The lowest BCUT2D eigenvalue weighted by Crippen LogP contribution is -2.04. The van der Waals surface area contributed by atoms with Gasteiger partial charge in [0, 0.05) is 17.1 Å². The molecule has 0 aliphatic heterocycles. The number of hydrogen-bond donors (Lipinski definition) is 2. The minimum Gasteiger partial charge on any atom is -0.370 e. The fraction of sp³-hybridized carbons (Fsp3) is 0.231. The van der Waals surface area contributed by atoms with Crippen molar-refractivity contribution in [1.29, 1.82) is 0 Å². The smallest absolute Gasteiger partial charge is 0.191 e. The van der Waals surface area contributed by atoms with Gasteiger partial charge in [0.05, 0.1) is 5.69 Å². The van der Waals surface area contributed by atoms with E-state index >= 15 is 0 Å². The first kappa shape index (κ1) is 15.1. The molecule has 0 unspecified atom stereocenters. The number of hydrogen-bond acceptors (Lipinski definition) is 5. The van der Waals surface area contributed by atoms with Gasteiger partial charge in [-0.2, -0.15) is 0 Å². The van der Waals surface area contributed by atoms with Gasteiger partial charge in [0.25, 0.3) is 0 Å². The van der Waals surface area contributed by atoms with E-state index < -0.39 is 0 Å². The van der Waals surface area contributed by atoms with Crippen LogP contribution in [0.5, 0.6) is 0 Å². The van der Waals surface area contributed by atoms with Crippen LogP contribution in [0.25, 0.3) is 0 Å². The summed E-state index contributed by atoms with van der Waals surface area (Å²) >= 11 is 4.67. The average molecular weight is 357 g/mol. The van der Waals surface area contributed by atoms with E-state index in [0.717, 1.165) is 6.54 Å². The molecule has 0 amide bonds. The van der Waals surface area contributed by atoms with Gasteiger partial charge < -0.3 is 10.6 Å². The van der Waals surface area contributed by atoms with Crippen molar-refractivity contribution in [3.05, 3.63) is 34.6 Å². The maximum atomic E-state index is 13.8. The lowest BCUT2D eigenvalue weighted by atomic mass is 10.3. The van der Waals surface area contributed by atoms with Crippen LogP contribution < -0.4 is 10.6 Å². The lowest BCUT2D eigenvalue weighted by molar-refractivity contribution is 0.631. The summed E-state index contributed by atoms with van der Waals surface area (Å²) in [6.45, 7) is 2.75. The average Bonchev–Trinajstić information content (AvgIpc) is 2.42. The molecule has 0 saturated carbocycles. The number of benzene rings is 1. The first-order chi connectivity index (χ1) is 9.62. The molecule has 0 atom stereocenters. The van der Waals surface area contributed by atoms with Crippen LogP contribution in [0.1, 0.15) is 6.92 Å². The molecule has 106 valence electrons. The summed E-state index contributed by atoms with van der Waals surface area (Å²) in [6.07, 6.45) is 1.90. The number of rotatable bonds is 5. The van der Waals surface area contributed by atoms with Gasteiger partial charge in [0.15, 0.2) is 5.16 Å². The van der Waals surface area contributed by atoms with Crippen LogP contribution in [0.15, 0.2) is 33.9 Å². The molecule has 2 rings (SSSR count). The number of aromatic nitrogens is 2. The highest BCUT2D eigenvalue weighted by Gasteiger charge is 2.07. The van der Waals surface area contributed by atoms with Crippen molar-refractivity contribution in [2.75, 3.05) is 23.4 Å². The van der Waals surface area contributed by atoms with E-state index in [4.69, 9.17) is 0 Å². The van der Waals surface area contributed by atoms with E-state index in [2.05, 4.69) is 36.5 Å². The molecule has 0 radical (unpaired) electrons. The summed E-state index contributed by atoms with van der Waals surface area (Å²) in [5.74, 6) is 0.932. The highest BCUT2D eigenvalue weighted by molar-refractivity contribution is 9.10. The second-order valence-electron chi connectivity index (χ2n) is 3.90. The number of nitrogens with zero attached hydrogens (tertiary/aromatic N) is 2. The minimum absolute atomic E-state index is 0.339. The van der Waals surface area contributed by atoms with Gasteiger partial charge >= 0.3 is 0 Å². The van der Waals surface area contributed by atoms with Gasteiger partial charge in [-0.25, -0.2) is 14.4 Å². The zero-order chi connectivity index (χ0) is 14.5. The zero-order valence-corrected chi connectivity index (χ0v) is 13.5. The Morgan fingerprint density at radius 3 is 2.65 bits per heavy atom. The van der Waals surface area contributed by atoms with E-state index in [-0.39, 0.29) is 5.82 Å². The summed E-state index contributed by atoms with van der Waals surface area (Å²) in [5, 5.41) is 6.73. The first-order valence-corrected chi connectivity index (χ1v) is 8.03. The third-order valence-corrected chi connectivity index (χ3v) is 3.48. The largest absolute Gasteiger partial charge is 0.370 e. The standard InChI is InChI=1S/C13H14BrFN4S/c1-3-16-11-7-12(19-13(18-11)20-2)17-10-5-4-8(14)6-9(10)15/h4-7H,3H2,1-2H3,(H2,16,17,18,19). The van der Waals surface area contributed by atoms with Crippen LogP contribution in [0, 0.1) is 5.82 Å². The van der Waals surface area contributed by atoms with Crippen LogP contribution in [-0.4, -0.2) is 22.8 Å². The topological polar surface area (TPSA) is 49.8 Å². The second kappa shape index (κ2) is 6.90. The minimum atomic E-state index is -0.339. The van der Waals surface area contributed by atoms with E-state index in [1.54, 1.807) is 18.2 Å². The van der Waals surface area contributed by atoms with Crippen molar-refractivity contribution >= 4 is 45.0 Å². The molecule has 0 aliphatic rings. The van der Waals surface area contributed by atoms with Crippen LogP contribution in [0.3, 0.4) is 0 Å². The molecule has 0 saturated heterocycles. The predicted octanol–water partition coefficient (Wildman–Crippen LogP) is 4.28. The quantitative estimate of drug-likeness (QED) is 0.618. The van der Waals surface area contributed by atoms with Crippen molar-refractivity contribution in [2.24, 2.45) is 0 Å². The SMILES string of the molecule is CCNc1cc(Nc2ccc(Br)cc2F)nc(SC)n1. The number of halogens is 2. The fourth-order valence-electron chi connectivity index (χ4n) is 1.58. The Balaban J connectivity index is 2.29. The van der Waals surface area contributed by atoms with Gasteiger partial charge in [-0.1, -0.05) is 27.7 Å². The van der Waals surface area contributed by atoms with Crippen molar-refractivity contribution < 1.29 is 4.39 Å². The monoisotopic (exact) mass is 356 g/mol. The van der Waals surface area contributed by atoms with E-state index in [9.17, 15) is 4.39 Å². The second-order valence-corrected chi connectivity index (χ2v) is 5.59. The maximum Gasteiger partial charge on any atom is 0.191 e. The zero-order valence-electron chi connectivity index (χ0n) is 11.1. The predicted molar refractivity (Wildman–Crippen MR) is 85.4 cm³/mol. The molecular weight excluding hydrogens is 343 g/mol. The third-order valence-electron chi connectivity index (χ3n) is 2.44. The van der Waals surface area contributed by atoms with Crippen LogP contribution in [-0.2, 0) is 0 Å². The molecule has 4 nitrogen and oxygen atoms in total. The normalized spacial score (nSPS) is 10.4. The van der Waals surface area contributed by atoms with Gasteiger partial charge in [0.1, 0.15) is 17.5 Å². The first-order valence-electron chi connectivity index (χ1n) is 6.01. The molecule has 0 aliphatic carbocycles. The van der Waals surface area contributed by atoms with Crippen LogP contribution >= 0.6 is 27.7 Å². The molecule has 0 spiro atoms. The highest BCUT2D eigenvalue weighted by Crippen LogP contribution is 2.24. The Morgan fingerprint density at radius 2 is 2.00 bits per heavy atom. The van der Waals surface area contributed by atoms with Crippen LogP contribution in [0.2, 0.25) is 0 Å². The Labute approximate surface area is 129 Å². The highest BCUT2D eigenvalue weighted by atomic mass is 79.9. The van der Waals surface area contributed by atoms with Crippen molar-refractivity contribution in [3.8, 4) is 0 Å². The van der Waals surface area contributed by atoms with Gasteiger partial charge in [-0.3, -0.25) is 0 Å². The number of nitrogens with one attached hydrogen (secondary N) is 2. The summed E-state index contributed by atoms with van der Waals surface area (Å²) in [6, 6.07) is 6.59. The van der Waals surface area contributed by atoms with Gasteiger partial charge in [0.2, 0.25) is 0 Å². The summed E-state index contributed by atoms with van der Waals surface area (Å²) in [7, 11) is 0. The third kappa shape index (κ3) is 3.83. The Hall–Kier alpha value is -1.34. The molecule has 1 aromatic carbocycles. The van der Waals surface area contributed by atoms with E-state index in [1.807, 2.05) is 13.2 Å². The number of thioether (sulfide) groups is 1. The van der Waals surface area contributed by atoms with Crippen LogP contribution in [0.4, 0.5) is 21.7 Å². The number of anilines is 3. The van der Waals surface area contributed by atoms with Crippen molar-refractivity contribution in [1.82, 2.24) is 9.97 Å². The Kier molecular flexibility index (Phi) is 5.19. The molecule has 1 heterocycles. The fourth-order valence-corrected chi connectivity index (χ4v) is 2.29. The van der Waals surface area contributed by atoms with Crippen molar-refractivity contribution in [3.63, 3.8) is 0 Å². The summed E-state index contributed by atoms with van der Waals surface area (Å²) in [5.41, 5.74) is 0.376. The van der Waals surface area contributed by atoms with Crippen molar-refractivity contribution in [2.45, 2.75) is 12.1 Å². The molecule has 0 bridgehead atoms. The van der Waals surface area contributed by atoms with E-state index in [0.29, 0.717) is 27.0 Å². The Bertz CT molecular complexity index is 609. The Morgan fingerprint density at radius 1 is 1.25 bits per heavy atom. The molecule has 2 aromatic rings. The molecular formula is C13H14BrFN4S. The van der Waals surface area contributed by atoms with Gasteiger partial charge in [-0.15, -0.1) is 0 Å². The molecule has 7 heteroatoms. The maximum absolute atomic E-state index is 13.8. The molecule has 2 N–H and O–H groups in total.